The average molecular weight is 327 g/mol. The molecule has 0 saturated carbocycles. The number of carbonyl (C=O) groups is 1. The van der Waals surface area contributed by atoms with Crippen molar-refractivity contribution in [3.63, 3.8) is 0 Å². The zero-order valence-corrected chi connectivity index (χ0v) is 13.3. The topological polar surface area (TPSA) is 44.1 Å². The van der Waals surface area contributed by atoms with E-state index in [1.165, 1.54) is 4.68 Å². The van der Waals surface area contributed by atoms with Crippen LogP contribution in [0.15, 0.2) is 66.9 Å². The van der Waals surface area contributed by atoms with Crippen LogP contribution in [-0.4, -0.2) is 15.7 Å². The Labute approximate surface area is 139 Å². The van der Waals surface area contributed by atoms with Crippen LogP contribution in [-0.2, 0) is 0 Å². The van der Waals surface area contributed by atoms with Gasteiger partial charge in [-0.15, -0.1) is 0 Å². The van der Waals surface area contributed by atoms with Crippen molar-refractivity contribution in [2.75, 3.05) is 0 Å². The number of hydrogen-bond donors (Lipinski definition) is 0. The van der Waals surface area contributed by atoms with Gasteiger partial charge in [-0.3, -0.25) is 4.79 Å². The Balaban J connectivity index is 1.82. The molecule has 0 radical (unpaired) electrons. The van der Waals surface area contributed by atoms with Gasteiger partial charge in [0.15, 0.2) is 0 Å². The molecule has 3 aromatic rings. The van der Waals surface area contributed by atoms with E-state index in [9.17, 15) is 4.79 Å². The Bertz CT molecular complexity index is 797. The molecular formula is C18H15ClN2O2. The van der Waals surface area contributed by atoms with Crippen molar-refractivity contribution in [1.29, 1.82) is 0 Å². The summed E-state index contributed by atoms with van der Waals surface area (Å²) in [6.07, 6.45) is 1.27. The molecule has 4 nitrogen and oxygen atoms in total. The number of benzene rings is 2. The Kier molecular flexibility index (Phi) is 4.44. The van der Waals surface area contributed by atoms with Gasteiger partial charge in [0.2, 0.25) is 0 Å². The van der Waals surface area contributed by atoms with Crippen molar-refractivity contribution < 1.29 is 9.53 Å². The van der Waals surface area contributed by atoms with Gasteiger partial charge >= 0.3 is 0 Å². The second kappa shape index (κ2) is 6.67. The molecule has 1 aromatic heterocycles. The minimum absolute atomic E-state index is 0.183. The summed E-state index contributed by atoms with van der Waals surface area (Å²) in [7, 11) is 0. The molecule has 0 spiro atoms. The van der Waals surface area contributed by atoms with Gasteiger partial charge in [-0.2, -0.15) is 9.78 Å². The fourth-order valence-corrected chi connectivity index (χ4v) is 2.40. The Hall–Kier alpha value is -2.59. The summed E-state index contributed by atoms with van der Waals surface area (Å²) in [6.45, 7) is 1.88. The maximum Gasteiger partial charge on any atom is 0.278 e. The summed E-state index contributed by atoms with van der Waals surface area (Å²) >= 11 is 5.87. The second-order valence-corrected chi connectivity index (χ2v) is 5.49. The van der Waals surface area contributed by atoms with Crippen molar-refractivity contribution in [3.8, 4) is 5.75 Å². The number of hydrogen-bond acceptors (Lipinski definition) is 3. The minimum Gasteiger partial charge on any atom is -0.484 e. The van der Waals surface area contributed by atoms with Crippen molar-refractivity contribution in [1.82, 2.24) is 9.78 Å². The molecule has 1 unspecified atom stereocenters. The van der Waals surface area contributed by atoms with Crippen molar-refractivity contribution in [2.45, 2.75) is 13.0 Å². The highest BCUT2D eigenvalue weighted by molar-refractivity contribution is 6.30. The maximum atomic E-state index is 12.6. The molecule has 0 N–H and O–H groups in total. The molecule has 23 heavy (non-hydrogen) atoms. The van der Waals surface area contributed by atoms with Crippen molar-refractivity contribution >= 4 is 17.5 Å². The average Bonchev–Trinajstić information content (AvgIpc) is 3.07. The zero-order chi connectivity index (χ0) is 16.2. The molecule has 0 aliphatic heterocycles. The number of halogens is 1. The Morgan fingerprint density at radius 2 is 1.78 bits per heavy atom. The summed E-state index contributed by atoms with van der Waals surface area (Å²) in [5.74, 6) is 0.499. The van der Waals surface area contributed by atoms with Crippen LogP contribution < -0.4 is 4.74 Å². The largest absolute Gasteiger partial charge is 0.484 e. The van der Waals surface area contributed by atoms with E-state index in [2.05, 4.69) is 5.10 Å². The first-order valence-electron chi connectivity index (χ1n) is 7.21. The van der Waals surface area contributed by atoms with Gasteiger partial charge < -0.3 is 4.74 Å². The summed E-state index contributed by atoms with van der Waals surface area (Å²) in [4.78, 5) is 12.6. The summed E-state index contributed by atoms with van der Waals surface area (Å²) in [5.41, 5.74) is 1.27. The second-order valence-electron chi connectivity index (χ2n) is 5.05. The lowest BCUT2D eigenvalue weighted by atomic mass is 10.2. The predicted octanol–water partition coefficient (Wildman–Crippen LogP) is 4.37. The van der Waals surface area contributed by atoms with E-state index in [1.807, 2.05) is 25.1 Å². The first-order chi connectivity index (χ1) is 11.1. The number of carbonyl (C=O) groups excluding carboxylic acids is 1. The fourth-order valence-electron chi connectivity index (χ4n) is 2.27. The normalized spacial score (nSPS) is 11.9. The first-order valence-corrected chi connectivity index (χ1v) is 7.59. The number of rotatable bonds is 4. The predicted molar refractivity (Wildman–Crippen MR) is 88.9 cm³/mol. The lowest BCUT2D eigenvalue weighted by Gasteiger charge is -2.16. The molecule has 0 saturated heterocycles. The third kappa shape index (κ3) is 3.43. The van der Waals surface area contributed by atoms with Gasteiger partial charge in [-0.25, -0.2) is 0 Å². The highest BCUT2D eigenvalue weighted by atomic mass is 35.5. The molecule has 5 heteroatoms. The van der Waals surface area contributed by atoms with E-state index in [4.69, 9.17) is 16.3 Å². The third-order valence-electron chi connectivity index (χ3n) is 3.43. The van der Waals surface area contributed by atoms with E-state index < -0.39 is 0 Å². The lowest BCUT2D eigenvalue weighted by molar-refractivity contribution is 0.0928. The van der Waals surface area contributed by atoms with E-state index >= 15 is 0 Å². The van der Waals surface area contributed by atoms with Gasteiger partial charge in [0.25, 0.3) is 5.91 Å². The quantitative estimate of drug-likeness (QED) is 0.715. The molecule has 0 bridgehead atoms. The number of ether oxygens (including phenoxy) is 1. The molecule has 3 rings (SSSR count). The van der Waals surface area contributed by atoms with Gasteiger partial charge in [0, 0.05) is 16.8 Å². The van der Waals surface area contributed by atoms with Gasteiger partial charge in [-0.05, 0) is 49.4 Å². The van der Waals surface area contributed by atoms with Crippen molar-refractivity contribution in [2.24, 2.45) is 0 Å². The molecule has 116 valence electrons. The van der Waals surface area contributed by atoms with E-state index in [0.29, 0.717) is 22.0 Å². The minimum atomic E-state index is -0.327. The van der Waals surface area contributed by atoms with Gasteiger partial charge in [0.1, 0.15) is 11.9 Å². The molecule has 0 amide bonds. The van der Waals surface area contributed by atoms with Crippen LogP contribution in [0, 0.1) is 0 Å². The molecule has 2 aromatic carbocycles. The standard InChI is InChI=1S/C18H15ClN2O2/c1-13(23-16-9-7-15(19)8-10-16)17-11-12-20-21(17)18(22)14-5-3-2-4-6-14/h2-13H,1H3. The Morgan fingerprint density at radius 1 is 1.09 bits per heavy atom. The van der Waals surface area contributed by atoms with Crippen LogP contribution in [0.25, 0.3) is 0 Å². The summed E-state index contributed by atoms with van der Waals surface area (Å²) in [6, 6.07) is 17.9. The van der Waals surface area contributed by atoms with E-state index in [0.717, 1.165) is 0 Å². The SMILES string of the molecule is CC(Oc1ccc(Cl)cc1)c1ccnn1C(=O)c1ccccc1. The lowest BCUT2D eigenvalue weighted by Crippen LogP contribution is -2.19. The smallest absolute Gasteiger partial charge is 0.278 e. The van der Waals surface area contributed by atoms with Crippen LogP contribution in [0.3, 0.4) is 0 Å². The molecule has 0 aliphatic carbocycles. The molecule has 0 aliphatic rings. The molecular weight excluding hydrogens is 312 g/mol. The fraction of sp³-hybridized carbons (Fsp3) is 0.111. The maximum absolute atomic E-state index is 12.6. The van der Waals surface area contributed by atoms with Crippen LogP contribution in [0.4, 0.5) is 0 Å². The van der Waals surface area contributed by atoms with Crippen LogP contribution in [0.1, 0.15) is 29.1 Å². The zero-order valence-electron chi connectivity index (χ0n) is 12.5. The summed E-state index contributed by atoms with van der Waals surface area (Å²) < 4.78 is 7.24. The number of aromatic nitrogens is 2. The van der Waals surface area contributed by atoms with Gasteiger partial charge in [0.05, 0.1) is 5.69 Å². The highest BCUT2D eigenvalue weighted by Crippen LogP contribution is 2.23. The van der Waals surface area contributed by atoms with Crippen molar-refractivity contribution in [3.05, 3.63) is 83.1 Å². The van der Waals surface area contributed by atoms with Gasteiger partial charge in [-0.1, -0.05) is 29.8 Å². The highest BCUT2D eigenvalue weighted by Gasteiger charge is 2.18. The monoisotopic (exact) mass is 326 g/mol. The first kappa shape index (κ1) is 15.3. The molecule has 1 atom stereocenters. The third-order valence-corrected chi connectivity index (χ3v) is 3.68. The van der Waals surface area contributed by atoms with Crippen LogP contribution in [0.5, 0.6) is 5.75 Å². The molecule has 1 heterocycles. The number of nitrogens with zero attached hydrogens (tertiary/aromatic N) is 2. The Morgan fingerprint density at radius 3 is 2.48 bits per heavy atom. The van der Waals surface area contributed by atoms with Crippen LogP contribution >= 0.6 is 11.6 Å². The molecule has 0 fully saturated rings. The van der Waals surface area contributed by atoms with Crippen LogP contribution in [0.2, 0.25) is 5.02 Å². The van der Waals surface area contributed by atoms with E-state index in [-0.39, 0.29) is 12.0 Å². The summed E-state index contributed by atoms with van der Waals surface area (Å²) in [5, 5.41) is 4.78. The van der Waals surface area contributed by atoms with E-state index in [1.54, 1.807) is 48.7 Å².